The highest BCUT2D eigenvalue weighted by Crippen LogP contribution is 2.05. The summed E-state index contributed by atoms with van der Waals surface area (Å²) in [5.41, 5.74) is 0. The van der Waals surface area contributed by atoms with Crippen molar-refractivity contribution in [3.8, 4) is 0 Å². The van der Waals surface area contributed by atoms with Crippen molar-refractivity contribution in [1.29, 1.82) is 0 Å². The van der Waals surface area contributed by atoms with E-state index in [2.05, 4.69) is 25.4 Å². The molecule has 2 heteroatoms. The van der Waals surface area contributed by atoms with Crippen molar-refractivity contribution in [3.05, 3.63) is 0 Å². The van der Waals surface area contributed by atoms with Crippen molar-refractivity contribution in [2.75, 3.05) is 18.6 Å². The first-order chi connectivity index (χ1) is 6.27. The van der Waals surface area contributed by atoms with Crippen LogP contribution in [-0.2, 0) is 0 Å². The lowest BCUT2D eigenvalue weighted by Gasteiger charge is -2.07. The molecule has 0 aliphatic rings. The minimum atomic E-state index is 0.650. The lowest BCUT2D eigenvalue weighted by Crippen LogP contribution is -2.23. The third-order valence-electron chi connectivity index (χ3n) is 2.08. The van der Waals surface area contributed by atoms with E-state index in [0.717, 1.165) is 0 Å². The highest BCUT2D eigenvalue weighted by atomic mass is 32.2. The molecule has 0 fully saturated rings. The Balaban J connectivity index is 2.84. The van der Waals surface area contributed by atoms with Crippen molar-refractivity contribution in [3.63, 3.8) is 0 Å². The van der Waals surface area contributed by atoms with Gasteiger partial charge in [-0.3, -0.25) is 0 Å². The van der Waals surface area contributed by atoms with Crippen LogP contribution in [0.25, 0.3) is 0 Å². The lowest BCUT2D eigenvalue weighted by molar-refractivity contribution is 0.540. The van der Waals surface area contributed by atoms with Gasteiger partial charge in [-0.15, -0.1) is 0 Å². The fourth-order valence-electron chi connectivity index (χ4n) is 1.29. The van der Waals surface area contributed by atoms with Gasteiger partial charge in [-0.1, -0.05) is 33.1 Å². The molecule has 80 valence electrons. The van der Waals surface area contributed by atoms with Gasteiger partial charge in [-0.05, 0) is 31.4 Å². The topological polar surface area (TPSA) is 12.0 Å². The summed E-state index contributed by atoms with van der Waals surface area (Å²) in [5, 5.41) is 3.44. The maximum absolute atomic E-state index is 3.44. The molecule has 0 saturated heterocycles. The van der Waals surface area contributed by atoms with Gasteiger partial charge in [0.1, 0.15) is 0 Å². The zero-order valence-electron chi connectivity index (χ0n) is 9.44. The Labute approximate surface area is 88.1 Å². The van der Waals surface area contributed by atoms with Crippen molar-refractivity contribution >= 4 is 11.8 Å². The minimum absolute atomic E-state index is 0.650. The van der Waals surface area contributed by atoms with Crippen molar-refractivity contribution < 1.29 is 0 Å². The largest absolute Gasteiger partial charge is 0.315 e. The molecule has 0 radical (unpaired) electrons. The highest BCUT2D eigenvalue weighted by Gasteiger charge is 1.92. The Kier molecular flexibility index (Phi) is 10.6. The molecule has 0 aromatic carbocycles. The molecular formula is C11H25NS. The van der Waals surface area contributed by atoms with E-state index in [1.54, 1.807) is 0 Å². The fourth-order valence-corrected chi connectivity index (χ4v) is 1.79. The van der Waals surface area contributed by atoms with E-state index in [1.165, 1.54) is 44.4 Å². The fraction of sp³-hybridized carbons (Fsp3) is 1.00. The van der Waals surface area contributed by atoms with E-state index >= 15 is 0 Å². The number of nitrogens with one attached hydrogen (secondary N) is 1. The van der Waals surface area contributed by atoms with E-state index in [0.29, 0.717) is 6.04 Å². The summed E-state index contributed by atoms with van der Waals surface area (Å²) < 4.78 is 0. The van der Waals surface area contributed by atoms with Crippen molar-refractivity contribution in [2.24, 2.45) is 0 Å². The number of hydrogen-bond donors (Lipinski definition) is 1. The van der Waals surface area contributed by atoms with Crippen molar-refractivity contribution in [2.45, 2.75) is 52.0 Å². The third kappa shape index (κ3) is 12.3. The Morgan fingerprint density at radius 3 is 2.23 bits per heavy atom. The van der Waals surface area contributed by atoms with Gasteiger partial charge in [0.2, 0.25) is 0 Å². The van der Waals surface area contributed by atoms with Crippen LogP contribution < -0.4 is 5.32 Å². The van der Waals surface area contributed by atoms with Gasteiger partial charge in [0.25, 0.3) is 0 Å². The molecule has 0 heterocycles. The maximum Gasteiger partial charge on any atom is 0.00103 e. The standard InChI is InChI=1S/C11H25NS/c1-11(2)12-9-7-5-4-6-8-10-13-3/h11-12H,4-10H2,1-3H3. The van der Waals surface area contributed by atoms with Gasteiger partial charge in [0.15, 0.2) is 0 Å². The average molecular weight is 203 g/mol. The quantitative estimate of drug-likeness (QED) is 0.577. The van der Waals surface area contributed by atoms with Crippen molar-refractivity contribution in [1.82, 2.24) is 5.32 Å². The minimum Gasteiger partial charge on any atom is -0.315 e. The average Bonchev–Trinajstić information content (AvgIpc) is 2.09. The van der Waals surface area contributed by atoms with Crippen LogP contribution in [0.4, 0.5) is 0 Å². The SMILES string of the molecule is CSCCCCCCCNC(C)C. The molecule has 0 aliphatic carbocycles. The summed E-state index contributed by atoms with van der Waals surface area (Å²) >= 11 is 1.96. The third-order valence-corrected chi connectivity index (χ3v) is 2.77. The smallest absolute Gasteiger partial charge is 0.00103 e. The normalized spacial score (nSPS) is 11.1. The Bertz CT molecular complexity index is 94.1. The van der Waals surface area contributed by atoms with Crippen LogP contribution in [0.3, 0.4) is 0 Å². The molecule has 1 nitrogen and oxygen atoms in total. The second-order valence-corrected chi connectivity index (χ2v) is 4.85. The van der Waals surface area contributed by atoms with Crippen LogP contribution in [-0.4, -0.2) is 24.6 Å². The molecule has 0 aromatic heterocycles. The van der Waals surface area contributed by atoms with Gasteiger partial charge < -0.3 is 5.32 Å². The summed E-state index contributed by atoms with van der Waals surface area (Å²) in [6.45, 7) is 5.61. The van der Waals surface area contributed by atoms with Gasteiger partial charge in [0, 0.05) is 6.04 Å². The summed E-state index contributed by atoms with van der Waals surface area (Å²) in [4.78, 5) is 0. The molecule has 0 amide bonds. The Morgan fingerprint density at radius 1 is 1.00 bits per heavy atom. The van der Waals surface area contributed by atoms with E-state index < -0.39 is 0 Å². The maximum atomic E-state index is 3.44. The van der Waals surface area contributed by atoms with E-state index in [-0.39, 0.29) is 0 Å². The second-order valence-electron chi connectivity index (χ2n) is 3.87. The molecule has 0 atom stereocenters. The van der Waals surface area contributed by atoms with Gasteiger partial charge in [-0.2, -0.15) is 11.8 Å². The zero-order valence-corrected chi connectivity index (χ0v) is 10.3. The van der Waals surface area contributed by atoms with Crippen LogP contribution in [0.5, 0.6) is 0 Å². The van der Waals surface area contributed by atoms with Gasteiger partial charge >= 0.3 is 0 Å². The molecule has 0 bridgehead atoms. The zero-order chi connectivity index (χ0) is 9.94. The number of hydrogen-bond acceptors (Lipinski definition) is 2. The van der Waals surface area contributed by atoms with E-state index in [1.807, 2.05) is 11.8 Å². The van der Waals surface area contributed by atoms with E-state index in [9.17, 15) is 0 Å². The molecule has 0 saturated carbocycles. The second kappa shape index (κ2) is 10.4. The number of thioether (sulfide) groups is 1. The molecule has 0 spiro atoms. The summed E-state index contributed by atoms with van der Waals surface area (Å²) in [7, 11) is 0. The summed E-state index contributed by atoms with van der Waals surface area (Å²) in [6.07, 6.45) is 9.17. The van der Waals surface area contributed by atoms with Crippen LogP contribution >= 0.6 is 11.8 Å². The van der Waals surface area contributed by atoms with Crippen LogP contribution in [0.2, 0.25) is 0 Å². The molecule has 0 aromatic rings. The predicted octanol–water partition coefficient (Wildman–Crippen LogP) is 3.30. The molecule has 0 rings (SSSR count). The lowest BCUT2D eigenvalue weighted by atomic mass is 10.1. The molecule has 0 unspecified atom stereocenters. The van der Waals surface area contributed by atoms with Crippen LogP contribution in [0.1, 0.15) is 46.0 Å². The highest BCUT2D eigenvalue weighted by molar-refractivity contribution is 7.98. The number of unbranched alkanes of at least 4 members (excludes halogenated alkanes) is 4. The van der Waals surface area contributed by atoms with Gasteiger partial charge in [-0.25, -0.2) is 0 Å². The molecule has 13 heavy (non-hydrogen) atoms. The monoisotopic (exact) mass is 203 g/mol. The molecule has 0 aliphatic heterocycles. The molecule has 1 N–H and O–H groups in total. The number of rotatable bonds is 9. The predicted molar refractivity (Wildman–Crippen MR) is 64.6 cm³/mol. The van der Waals surface area contributed by atoms with Crippen LogP contribution in [0, 0.1) is 0 Å². The first-order valence-electron chi connectivity index (χ1n) is 5.49. The van der Waals surface area contributed by atoms with Gasteiger partial charge in [0.05, 0.1) is 0 Å². The van der Waals surface area contributed by atoms with Crippen LogP contribution in [0.15, 0.2) is 0 Å². The summed E-state index contributed by atoms with van der Waals surface area (Å²) in [6, 6.07) is 0.650. The Morgan fingerprint density at radius 2 is 1.62 bits per heavy atom. The van der Waals surface area contributed by atoms with E-state index in [4.69, 9.17) is 0 Å². The summed E-state index contributed by atoms with van der Waals surface area (Å²) in [5.74, 6) is 1.34. The Hall–Kier alpha value is 0.310. The molecular weight excluding hydrogens is 178 g/mol. The first kappa shape index (κ1) is 13.3. The first-order valence-corrected chi connectivity index (χ1v) is 6.89.